The molecule has 0 bridgehead atoms. The molecular formula is C11H17NO2S. The van der Waals surface area contributed by atoms with Crippen LogP contribution in [0.1, 0.15) is 29.2 Å². The van der Waals surface area contributed by atoms with E-state index >= 15 is 0 Å². The van der Waals surface area contributed by atoms with Crippen LogP contribution < -0.4 is 4.74 Å². The van der Waals surface area contributed by atoms with E-state index in [9.17, 15) is 5.21 Å². The number of hydrogen-bond donors (Lipinski definition) is 1. The first-order chi connectivity index (χ1) is 7.22. The molecule has 0 atom stereocenters. The summed E-state index contributed by atoms with van der Waals surface area (Å²) >= 11 is 1.78. The summed E-state index contributed by atoms with van der Waals surface area (Å²) in [5.41, 5.74) is 1.23. The topological polar surface area (TPSA) is 32.7 Å². The monoisotopic (exact) mass is 227 g/mol. The first-order valence-electron chi connectivity index (χ1n) is 5.28. The lowest BCUT2D eigenvalue weighted by Gasteiger charge is -2.27. The SMILES string of the molecule is COc1c(C)csc1C1CCN(O)CC1. The van der Waals surface area contributed by atoms with Gasteiger partial charge in [-0.15, -0.1) is 11.3 Å². The average Bonchev–Trinajstić information content (AvgIpc) is 2.61. The Labute approximate surface area is 94.2 Å². The molecule has 3 nitrogen and oxygen atoms in total. The second kappa shape index (κ2) is 4.51. The molecule has 0 amide bonds. The Morgan fingerprint density at radius 2 is 2.13 bits per heavy atom. The molecule has 2 heterocycles. The van der Waals surface area contributed by atoms with Gasteiger partial charge in [-0.05, 0) is 31.1 Å². The van der Waals surface area contributed by atoms with Crippen LogP contribution in [0, 0.1) is 6.92 Å². The maximum atomic E-state index is 9.31. The second-order valence-electron chi connectivity index (χ2n) is 4.04. The van der Waals surface area contributed by atoms with E-state index in [0.717, 1.165) is 31.7 Å². The number of aryl methyl sites for hydroxylation is 1. The van der Waals surface area contributed by atoms with Crippen molar-refractivity contribution < 1.29 is 9.94 Å². The smallest absolute Gasteiger partial charge is 0.135 e. The van der Waals surface area contributed by atoms with E-state index in [1.165, 1.54) is 15.5 Å². The molecule has 0 spiro atoms. The zero-order chi connectivity index (χ0) is 10.8. The van der Waals surface area contributed by atoms with E-state index in [2.05, 4.69) is 12.3 Å². The van der Waals surface area contributed by atoms with Gasteiger partial charge in [0.1, 0.15) is 5.75 Å². The van der Waals surface area contributed by atoms with Gasteiger partial charge in [-0.1, -0.05) is 0 Å². The molecule has 1 fully saturated rings. The number of thiophene rings is 1. The lowest BCUT2D eigenvalue weighted by atomic mass is 9.95. The molecule has 84 valence electrons. The van der Waals surface area contributed by atoms with E-state index in [4.69, 9.17) is 4.74 Å². The van der Waals surface area contributed by atoms with Crippen LogP contribution in [0.15, 0.2) is 5.38 Å². The highest BCUT2D eigenvalue weighted by atomic mass is 32.1. The molecule has 0 radical (unpaired) electrons. The number of methoxy groups -OCH3 is 1. The zero-order valence-corrected chi connectivity index (χ0v) is 10.0. The summed E-state index contributed by atoms with van der Waals surface area (Å²) in [6.45, 7) is 3.62. The minimum Gasteiger partial charge on any atom is -0.495 e. The first-order valence-corrected chi connectivity index (χ1v) is 6.16. The highest BCUT2D eigenvalue weighted by molar-refractivity contribution is 7.10. The quantitative estimate of drug-likeness (QED) is 0.843. The van der Waals surface area contributed by atoms with Gasteiger partial charge in [-0.25, -0.2) is 0 Å². The predicted molar refractivity (Wildman–Crippen MR) is 60.9 cm³/mol. The normalized spacial score (nSPS) is 19.4. The molecule has 2 rings (SSSR count). The van der Waals surface area contributed by atoms with Crippen molar-refractivity contribution >= 4 is 11.3 Å². The van der Waals surface area contributed by atoms with E-state index in [0.29, 0.717) is 5.92 Å². The standard InChI is InChI=1S/C11H17NO2S/c1-8-7-15-11(10(8)14-2)9-3-5-12(13)6-4-9/h7,9,13H,3-6H2,1-2H3. The van der Waals surface area contributed by atoms with Gasteiger partial charge in [0.05, 0.1) is 7.11 Å². The fourth-order valence-electron chi connectivity index (χ4n) is 2.12. The maximum absolute atomic E-state index is 9.31. The molecule has 1 aliphatic heterocycles. The number of hydroxylamine groups is 2. The highest BCUT2D eigenvalue weighted by Gasteiger charge is 2.24. The summed E-state index contributed by atoms with van der Waals surface area (Å²) in [6.07, 6.45) is 2.04. The second-order valence-corrected chi connectivity index (χ2v) is 4.96. The maximum Gasteiger partial charge on any atom is 0.135 e. The van der Waals surface area contributed by atoms with E-state index in [1.807, 2.05) is 0 Å². The summed E-state index contributed by atoms with van der Waals surface area (Å²) in [4.78, 5) is 1.35. The Morgan fingerprint density at radius 1 is 1.47 bits per heavy atom. The third-order valence-electron chi connectivity index (χ3n) is 2.99. The van der Waals surface area contributed by atoms with Gasteiger partial charge in [0.2, 0.25) is 0 Å². The van der Waals surface area contributed by atoms with Crippen molar-refractivity contribution in [1.82, 2.24) is 5.06 Å². The number of hydrogen-bond acceptors (Lipinski definition) is 4. The fraction of sp³-hybridized carbons (Fsp3) is 0.636. The minimum absolute atomic E-state index is 0.557. The van der Waals surface area contributed by atoms with E-state index in [1.54, 1.807) is 18.4 Å². The third-order valence-corrected chi connectivity index (χ3v) is 4.23. The molecule has 15 heavy (non-hydrogen) atoms. The molecule has 1 aromatic rings. The van der Waals surface area contributed by atoms with Crippen LogP contribution in [-0.2, 0) is 0 Å². The van der Waals surface area contributed by atoms with Crippen molar-refractivity contribution in [1.29, 1.82) is 0 Å². The first kappa shape index (κ1) is 10.9. The van der Waals surface area contributed by atoms with Crippen LogP contribution >= 0.6 is 11.3 Å². The fourth-order valence-corrected chi connectivity index (χ4v) is 3.31. The highest BCUT2D eigenvalue weighted by Crippen LogP contribution is 2.40. The zero-order valence-electron chi connectivity index (χ0n) is 9.19. The van der Waals surface area contributed by atoms with Gasteiger partial charge >= 0.3 is 0 Å². The molecular weight excluding hydrogens is 210 g/mol. The predicted octanol–water partition coefficient (Wildman–Crippen LogP) is 2.63. The van der Waals surface area contributed by atoms with Crippen molar-refractivity contribution in [2.24, 2.45) is 0 Å². The lowest BCUT2D eigenvalue weighted by Crippen LogP contribution is -2.29. The van der Waals surface area contributed by atoms with E-state index in [-0.39, 0.29) is 0 Å². The number of ether oxygens (including phenoxy) is 1. The molecule has 0 unspecified atom stereocenters. The van der Waals surface area contributed by atoms with Gasteiger partial charge in [0, 0.05) is 23.5 Å². The molecule has 0 aliphatic carbocycles. The van der Waals surface area contributed by atoms with Crippen LogP contribution in [0.5, 0.6) is 5.75 Å². The number of piperidine rings is 1. The summed E-state index contributed by atoms with van der Waals surface area (Å²) in [5.74, 6) is 1.61. The van der Waals surface area contributed by atoms with Gasteiger partial charge in [-0.3, -0.25) is 0 Å². The molecule has 0 aromatic carbocycles. The van der Waals surface area contributed by atoms with Crippen LogP contribution in [0.2, 0.25) is 0 Å². The summed E-state index contributed by atoms with van der Waals surface area (Å²) in [5, 5.41) is 12.9. The van der Waals surface area contributed by atoms with Crippen molar-refractivity contribution in [2.45, 2.75) is 25.7 Å². The average molecular weight is 227 g/mol. The van der Waals surface area contributed by atoms with Crippen molar-refractivity contribution in [3.05, 3.63) is 15.8 Å². The van der Waals surface area contributed by atoms with Crippen molar-refractivity contribution in [2.75, 3.05) is 20.2 Å². The molecule has 0 saturated carbocycles. The lowest BCUT2D eigenvalue weighted by molar-refractivity contribution is -0.106. The molecule has 1 saturated heterocycles. The van der Waals surface area contributed by atoms with Crippen molar-refractivity contribution in [3.63, 3.8) is 0 Å². The molecule has 1 aliphatic rings. The summed E-state index contributed by atoms with van der Waals surface area (Å²) in [6, 6.07) is 0. The number of nitrogens with zero attached hydrogens (tertiary/aromatic N) is 1. The van der Waals surface area contributed by atoms with Crippen LogP contribution in [0.3, 0.4) is 0 Å². The third kappa shape index (κ3) is 2.17. The van der Waals surface area contributed by atoms with Gasteiger partial charge in [0.15, 0.2) is 0 Å². The van der Waals surface area contributed by atoms with Crippen LogP contribution in [-0.4, -0.2) is 30.5 Å². The Bertz CT molecular complexity index is 329. The summed E-state index contributed by atoms with van der Waals surface area (Å²) in [7, 11) is 1.74. The van der Waals surface area contributed by atoms with Crippen molar-refractivity contribution in [3.8, 4) is 5.75 Å². The van der Waals surface area contributed by atoms with Crippen LogP contribution in [0.4, 0.5) is 0 Å². The summed E-state index contributed by atoms with van der Waals surface area (Å²) < 4.78 is 5.43. The largest absolute Gasteiger partial charge is 0.495 e. The van der Waals surface area contributed by atoms with E-state index < -0.39 is 0 Å². The van der Waals surface area contributed by atoms with Gasteiger partial charge < -0.3 is 9.94 Å². The molecule has 1 aromatic heterocycles. The van der Waals surface area contributed by atoms with Gasteiger partial charge in [0.25, 0.3) is 0 Å². The minimum atomic E-state index is 0.557. The number of rotatable bonds is 2. The van der Waals surface area contributed by atoms with Gasteiger partial charge in [-0.2, -0.15) is 5.06 Å². The van der Waals surface area contributed by atoms with Crippen LogP contribution in [0.25, 0.3) is 0 Å². The molecule has 1 N–H and O–H groups in total. The molecule has 4 heteroatoms. The Hall–Kier alpha value is -0.580. The Morgan fingerprint density at radius 3 is 2.73 bits per heavy atom. The Balaban J connectivity index is 2.15. The Kier molecular flexibility index (Phi) is 3.29.